The van der Waals surface area contributed by atoms with E-state index >= 15 is 0 Å². The second-order valence-electron chi connectivity index (χ2n) is 6.70. The van der Waals surface area contributed by atoms with E-state index in [2.05, 4.69) is 25.6 Å². The van der Waals surface area contributed by atoms with Crippen LogP contribution in [-0.2, 0) is 6.54 Å². The molecular formula is C20H16N6O5S. The molecule has 0 radical (unpaired) electrons. The number of aromatic nitrogens is 3. The fraction of sp³-hybridized carbons (Fsp3) is 0.150. The summed E-state index contributed by atoms with van der Waals surface area (Å²) in [5.74, 6) is 2.14. The Balaban J connectivity index is 1.40. The maximum Gasteiger partial charge on any atom is 0.353 e. The van der Waals surface area contributed by atoms with Crippen molar-refractivity contribution in [1.82, 2.24) is 15.0 Å². The second-order valence-corrected chi connectivity index (χ2v) is 7.73. The number of thiazole rings is 1. The molecule has 162 valence electrons. The number of benzene rings is 2. The number of hydrogen-bond acceptors (Lipinski definition) is 11. The van der Waals surface area contributed by atoms with Gasteiger partial charge in [0.1, 0.15) is 12.1 Å². The Morgan fingerprint density at radius 1 is 1.16 bits per heavy atom. The van der Waals surface area contributed by atoms with Crippen LogP contribution >= 0.6 is 11.3 Å². The average Bonchev–Trinajstić information content (AvgIpc) is 3.42. The zero-order valence-corrected chi connectivity index (χ0v) is 17.5. The Labute approximate surface area is 185 Å². The number of nitro groups is 1. The lowest BCUT2D eigenvalue weighted by Gasteiger charge is -2.09. The molecule has 0 atom stereocenters. The van der Waals surface area contributed by atoms with E-state index in [4.69, 9.17) is 14.2 Å². The van der Waals surface area contributed by atoms with E-state index in [9.17, 15) is 10.1 Å². The van der Waals surface area contributed by atoms with Gasteiger partial charge in [-0.05, 0) is 35.9 Å². The molecule has 0 bridgehead atoms. The first kappa shape index (κ1) is 19.8. The lowest BCUT2D eigenvalue weighted by atomic mass is 10.2. The Bertz CT molecular complexity index is 1330. The fourth-order valence-corrected chi connectivity index (χ4v) is 4.09. The zero-order chi connectivity index (χ0) is 22.1. The highest BCUT2D eigenvalue weighted by molar-refractivity contribution is 7.22. The molecule has 32 heavy (non-hydrogen) atoms. The van der Waals surface area contributed by atoms with Crippen molar-refractivity contribution in [3.05, 3.63) is 58.4 Å². The quantitative estimate of drug-likeness (QED) is 0.312. The summed E-state index contributed by atoms with van der Waals surface area (Å²) in [6.45, 7) is 0.478. The van der Waals surface area contributed by atoms with Gasteiger partial charge < -0.3 is 24.8 Å². The minimum absolute atomic E-state index is 0.0456. The summed E-state index contributed by atoms with van der Waals surface area (Å²) in [4.78, 5) is 23.9. The number of rotatable bonds is 7. The minimum atomic E-state index is -0.527. The molecule has 2 aromatic heterocycles. The van der Waals surface area contributed by atoms with Gasteiger partial charge in [0.05, 0.1) is 22.2 Å². The first-order valence-corrected chi connectivity index (χ1v) is 10.3. The molecule has 1 aliphatic heterocycles. The molecule has 0 unspecified atom stereocenters. The van der Waals surface area contributed by atoms with Gasteiger partial charge in [0, 0.05) is 6.54 Å². The van der Waals surface area contributed by atoms with E-state index in [1.165, 1.54) is 17.7 Å². The maximum atomic E-state index is 11.8. The molecule has 11 nitrogen and oxygen atoms in total. The highest BCUT2D eigenvalue weighted by atomic mass is 32.1. The lowest BCUT2D eigenvalue weighted by Crippen LogP contribution is -2.08. The van der Waals surface area contributed by atoms with Gasteiger partial charge in [-0.3, -0.25) is 10.1 Å². The fourth-order valence-electron chi connectivity index (χ4n) is 3.20. The molecule has 1 aliphatic rings. The van der Waals surface area contributed by atoms with Gasteiger partial charge in [-0.1, -0.05) is 17.4 Å². The topological polar surface area (TPSA) is 134 Å². The number of ether oxygens (including phenoxy) is 3. The molecule has 12 heteroatoms. The monoisotopic (exact) mass is 452 g/mol. The number of anilines is 3. The van der Waals surface area contributed by atoms with Crippen molar-refractivity contribution in [1.29, 1.82) is 0 Å². The first-order chi connectivity index (χ1) is 15.6. The molecule has 0 fully saturated rings. The van der Waals surface area contributed by atoms with Crippen molar-refractivity contribution < 1.29 is 19.1 Å². The number of methoxy groups -OCH3 is 1. The van der Waals surface area contributed by atoms with Crippen molar-refractivity contribution in [3.8, 4) is 17.2 Å². The van der Waals surface area contributed by atoms with Crippen LogP contribution in [0, 0.1) is 10.1 Å². The molecule has 4 aromatic rings. The van der Waals surface area contributed by atoms with Gasteiger partial charge in [0.25, 0.3) is 0 Å². The Kier molecular flexibility index (Phi) is 5.03. The third-order valence-electron chi connectivity index (χ3n) is 4.72. The summed E-state index contributed by atoms with van der Waals surface area (Å²) in [5, 5.41) is 18.3. The molecular weight excluding hydrogens is 436 g/mol. The summed E-state index contributed by atoms with van der Waals surface area (Å²) in [7, 11) is 1.59. The average molecular weight is 452 g/mol. The summed E-state index contributed by atoms with van der Waals surface area (Å²) in [5.41, 5.74) is 1.33. The summed E-state index contributed by atoms with van der Waals surface area (Å²) in [6, 6.07) is 10.9. The van der Waals surface area contributed by atoms with E-state index in [1.54, 1.807) is 19.2 Å². The van der Waals surface area contributed by atoms with Gasteiger partial charge in [0.2, 0.25) is 18.4 Å². The molecule has 0 saturated heterocycles. The van der Waals surface area contributed by atoms with E-state index in [0.717, 1.165) is 15.8 Å². The Morgan fingerprint density at radius 2 is 2.00 bits per heavy atom. The van der Waals surface area contributed by atoms with Crippen LogP contribution in [-0.4, -0.2) is 33.8 Å². The third kappa shape index (κ3) is 3.78. The zero-order valence-electron chi connectivity index (χ0n) is 16.7. The van der Waals surface area contributed by atoms with Crippen LogP contribution in [0.3, 0.4) is 0 Å². The Morgan fingerprint density at radius 3 is 2.84 bits per heavy atom. The van der Waals surface area contributed by atoms with Crippen molar-refractivity contribution in [2.75, 3.05) is 24.5 Å². The van der Waals surface area contributed by atoms with Gasteiger partial charge in [-0.15, -0.1) is 0 Å². The molecule has 0 saturated carbocycles. The lowest BCUT2D eigenvalue weighted by molar-refractivity contribution is -0.383. The Hall–Kier alpha value is -4.19. The molecule has 2 N–H and O–H groups in total. The molecule has 2 aromatic carbocycles. The number of nitrogens with zero attached hydrogens (tertiary/aromatic N) is 4. The second kappa shape index (κ2) is 8.15. The van der Waals surface area contributed by atoms with Gasteiger partial charge in [-0.2, -0.15) is 0 Å². The van der Waals surface area contributed by atoms with E-state index in [0.29, 0.717) is 28.9 Å². The highest BCUT2D eigenvalue weighted by Gasteiger charge is 2.24. The van der Waals surface area contributed by atoms with Crippen molar-refractivity contribution in [2.45, 2.75) is 6.54 Å². The van der Waals surface area contributed by atoms with Gasteiger partial charge >= 0.3 is 5.69 Å². The molecule has 3 heterocycles. The van der Waals surface area contributed by atoms with Crippen LogP contribution in [0.15, 0.2) is 42.7 Å². The summed E-state index contributed by atoms with van der Waals surface area (Å²) >= 11 is 1.34. The number of hydrogen-bond donors (Lipinski definition) is 2. The largest absolute Gasteiger partial charge is 0.497 e. The first-order valence-electron chi connectivity index (χ1n) is 9.44. The van der Waals surface area contributed by atoms with E-state index in [1.807, 2.05) is 24.3 Å². The van der Waals surface area contributed by atoms with E-state index in [-0.39, 0.29) is 24.1 Å². The summed E-state index contributed by atoms with van der Waals surface area (Å²) < 4.78 is 16.8. The third-order valence-corrected chi connectivity index (χ3v) is 5.66. The van der Waals surface area contributed by atoms with Gasteiger partial charge in [-0.25, -0.2) is 15.0 Å². The molecule has 0 spiro atoms. The van der Waals surface area contributed by atoms with Gasteiger partial charge in [0.15, 0.2) is 16.6 Å². The van der Waals surface area contributed by atoms with Crippen molar-refractivity contribution >= 4 is 44.0 Å². The van der Waals surface area contributed by atoms with Crippen LogP contribution in [0.5, 0.6) is 17.2 Å². The van der Waals surface area contributed by atoms with Crippen LogP contribution in [0.4, 0.5) is 22.5 Å². The van der Waals surface area contributed by atoms with Crippen LogP contribution in [0.1, 0.15) is 5.56 Å². The summed E-state index contributed by atoms with van der Waals surface area (Å²) in [6.07, 6.45) is 1.26. The highest BCUT2D eigenvalue weighted by Crippen LogP contribution is 2.36. The normalized spacial score (nSPS) is 12.0. The van der Waals surface area contributed by atoms with Crippen molar-refractivity contribution in [2.24, 2.45) is 0 Å². The van der Waals surface area contributed by atoms with E-state index < -0.39 is 4.92 Å². The minimum Gasteiger partial charge on any atom is -0.497 e. The predicted molar refractivity (Wildman–Crippen MR) is 118 cm³/mol. The van der Waals surface area contributed by atoms with Crippen LogP contribution < -0.4 is 24.8 Å². The van der Waals surface area contributed by atoms with Crippen molar-refractivity contribution in [3.63, 3.8) is 0 Å². The molecule has 0 aliphatic carbocycles. The van der Waals surface area contributed by atoms with Crippen LogP contribution in [0.25, 0.3) is 10.2 Å². The van der Waals surface area contributed by atoms with Crippen LogP contribution in [0.2, 0.25) is 0 Å². The SMILES string of the molecule is COc1ccc2nc(Nc3ncnc(NCc4ccc5c(c4)OCO5)c3[N+](=O)[O-])sc2c1. The number of nitrogens with one attached hydrogen (secondary N) is 2. The number of fused-ring (bicyclic) bond motifs is 2. The maximum absolute atomic E-state index is 11.8. The molecule has 0 amide bonds. The standard InChI is InChI=1S/C20H16N6O5S/c1-29-12-3-4-13-16(7-12)32-20(24-13)25-19-17(26(27)28)18(22-9-23-19)21-8-11-2-5-14-15(6-11)31-10-30-14/h2-7,9H,8,10H2,1H3,(H2,21,22,23,24,25). The molecule has 5 rings (SSSR count). The smallest absolute Gasteiger partial charge is 0.353 e. The predicted octanol–water partition coefficient (Wildman–Crippen LogP) is 4.09.